The Hall–Kier alpha value is 1.74. The average molecular weight is 160 g/mol. The quantitative estimate of drug-likeness (QED) is 0.355. The van der Waals surface area contributed by atoms with Crippen molar-refractivity contribution in [1.82, 2.24) is 0 Å². The van der Waals surface area contributed by atoms with E-state index in [1.165, 1.54) is 0 Å². The van der Waals surface area contributed by atoms with E-state index in [-0.39, 0.29) is 61.6 Å². The molecule has 4 heteroatoms. The van der Waals surface area contributed by atoms with E-state index in [4.69, 9.17) is 0 Å². The summed E-state index contributed by atoms with van der Waals surface area (Å²) < 4.78 is 0. The first-order valence-electron chi connectivity index (χ1n) is 0. The molecule has 0 aliphatic heterocycles. The van der Waals surface area contributed by atoms with Crippen molar-refractivity contribution in [3.63, 3.8) is 0 Å². The molecule has 0 aliphatic carbocycles. The van der Waals surface area contributed by atoms with Crippen molar-refractivity contribution in [1.29, 1.82) is 0 Å². The van der Waals surface area contributed by atoms with Gasteiger partial charge in [0.05, 0.1) is 0 Å². The van der Waals surface area contributed by atoms with Gasteiger partial charge in [-0.25, -0.2) is 0 Å². The monoisotopic (exact) mass is 159 g/mol. The van der Waals surface area contributed by atoms with Crippen LogP contribution in [0.5, 0.6) is 0 Å². The molecule has 0 spiro atoms. The molecule has 0 aromatic rings. The van der Waals surface area contributed by atoms with E-state index in [9.17, 15) is 0 Å². The maximum absolute atomic E-state index is 0. The van der Waals surface area contributed by atoms with Crippen LogP contribution in [-0.2, 0) is 34.1 Å². The van der Waals surface area contributed by atoms with Crippen molar-refractivity contribution < 1.29 is 34.1 Å². The molecule has 0 aromatic carbocycles. The van der Waals surface area contributed by atoms with Crippen LogP contribution in [0, 0.1) is 0 Å². The molecule has 0 rings (SSSR count). The summed E-state index contributed by atoms with van der Waals surface area (Å²) in [5, 5.41) is 0. The summed E-state index contributed by atoms with van der Waals surface area (Å²) in [4.78, 5) is 0. The van der Waals surface area contributed by atoms with E-state index in [0.717, 1.165) is 0 Å². The maximum atomic E-state index is 0. The van der Waals surface area contributed by atoms with Crippen molar-refractivity contribution in [3.05, 3.63) is 0 Å². The molecule has 0 aromatic heterocycles. The molecule has 0 atom stereocenters. The van der Waals surface area contributed by atoms with E-state index in [0.29, 0.717) is 0 Å². The van der Waals surface area contributed by atoms with Gasteiger partial charge in [0.25, 0.3) is 0 Å². The van der Waals surface area contributed by atoms with Crippen LogP contribution in [0.2, 0.25) is 0 Å². The van der Waals surface area contributed by atoms with Crippen molar-refractivity contribution in [2.75, 3.05) is 0 Å². The van der Waals surface area contributed by atoms with Gasteiger partial charge in [-0.2, -0.15) is 0 Å². The van der Waals surface area contributed by atoms with Crippen LogP contribution in [0.1, 0.15) is 0 Å². The summed E-state index contributed by atoms with van der Waals surface area (Å²) in [6, 6.07) is 0. The third-order valence-electron chi connectivity index (χ3n) is 0. The van der Waals surface area contributed by atoms with Crippen LogP contribution < -0.4 is 0 Å². The fourth-order valence-electron chi connectivity index (χ4n) is 0. The predicted molar refractivity (Wildman–Crippen MR) is 18.5 cm³/mol. The molecule has 2 radical (unpaired) electrons. The summed E-state index contributed by atoms with van der Waals surface area (Å²) in [6.45, 7) is 0. The molecule has 0 saturated carbocycles. The molecule has 0 unspecified atom stereocenters. The molecular weight excluding hydrogens is 154 g/mol. The first kappa shape index (κ1) is 42.6. The second kappa shape index (κ2) is 21.9. The zero-order valence-electron chi connectivity index (χ0n) is 0.679. The Morgan fingerprint density at radius 3 is 1.00 bits per heavy atom. The van der Waals surface area contributed by atoms with Crippen LogP contribution in [0.15, 0.2) is 0 Å². The van der Waals surface area contributed by atoms with Crippen molar-refractivity contribution >= 4 is 27.5 Å². The van der Waals surface area contributed by atoms with Gasteiger partial charge in [-0.05, 0) is 0 Å². The van der Waals surface area contributed by atoms with Crippen molar-refractivity contribution in [2.24, 2.45) is 0 Å². The van der Waals surface area contributed by atoms with Crippen LogP contribution in [0.3, 0.4) is 0 Å². The van der Waals surface area contributed by atoms with Gasteiger partial charge in [0.15, 0.2) is 17.4 Å². The Kier molecular flexibility index (Phi) is 233. The average Bonchev–Trinajstić information content (AvgIpc) is 0. The summed E-state index contributed by atoms with van der Waals surface area (Å²) in [5.74, 6) is 0. The van der Waals surface area contributed by atoms with E-state index in [1.54, 1.807) is 0 Å². The van der Waals surface area contributed by atoms with Crippen LogP contribution in [0.25, 0.3) is 0 Å². The second-order valence-electron chi connectivity index (χ2n) is 0. The van der Waals surface area contributed by atoms with Crippen LogP contribution in [0.4, 0.5) is 0 Å². The number of hydrogen-bond acceptors (Lipinski definition) is 0. The third-order valence-corrected chi connectivity index (χ3v) is 0. The fourth-order valence-corrected chi connectivity index (χ4v) is 0. The first-order valence-corrected chi connectivity index (χ1v) is 0. The van der Waals surface area contributed by atoms with E-state index < -0.39 is 0 Å². The molecule has 0 bridgehead atoms. The molecule has 28 valence electrons. The topological polar surface area (TPSA) is 0 Å². The molecule has 0 heterocycles. The van der Waals surface area contributed by atoms with Gasteiger partial charge >= 0.3 is 10.1 Å². The Morgan fingerprint density at radius 1 is 1.00 bits per heavy atom. The normalized spacial score (nSPS) is 0. The molecule has 0 aliphatic rings. The summed E-state index contributed by atoms with van der Waals surface area (Å²) in [6.07, 6.45) is 0. The first-order chi connectivity index (χ1) is 0. The van der Waals surface area contributed by atoms with Gasteiger partial charge in [-0.1, -0.05) is 0 Å². The van der Waals surface area contributed by atoms with Gasteiger partial charge in [0.1, 0.15) is 0 Å². The van der Waals surface area contributed by atoms with E-state index in [2.05, 4.69) is 0 Å². The number of hydrogen-bond donors (Lipinski definition) is 0. The van der Waals surface area contributed by atoms with Crippen molar-refractivity contribution in [2.45, 2.75) is 0 Å². The molecule has 4 heavy (non-hydrogen) atoms. The van der Waals surface area contributed by atoms with Gasteiger partial charge < -0.3 is 0 Å². The fraction of sp³-hybridized carbons (Fsp3) is 0. The maximum Gasteiger partial charge on any atom is 0 e. The molecule has 0 amide bonds. The molecule has 0 saturated heterocycles. The van der Waals surface area contributed by atoms with E-state index in [1.807, 2.05) is 0 Å². The van der Waals surface area contributed by atoms with Gasteiger partial charge in [-0.15, -0.1) is 0 Å². The minimum Gasteiger partial charge on any atom is 0 e. The van der Waals surface area contributed by atoms with Gasteiger partial charge in [0.2, 0.25) is 0 Å². The zero-order chi connectivity index (χ0) is 0. The number of rotatable bonds is 0. The zero-order valence-corrected chi connectivity index (χ0v) is 2.80. The van der Waals surface area contributed by atoms with Crippen LogP contribution in [-0.4, -0.2) is 27.5 Å². The largest absolute Gasteiger partial charge is 0 e. The smallest absolute Gasteiger partial charge is 0 e. The Bertz CT molecular complexity index is 8.00. The second-order valence-corrected chi connectivity index (χ2v) is 0. The Morgan fingerprint density at radius 2 is 1.00 bits per heavy atom. The van der Waals surface area contributed by atoms with Crippen LogP contribution >= 0.6 is 0 Å². The molecular formula is H5AlBeCuMn. The van der Waals surface area contributed by atoms with Gasteiger partial charge in [0, 0.05) is 34.1 Å². The summed E-state index contributed by atoms with van der Waals surface area (Å²) in [5.41, 5.74) is 0. The SMILES string of the molecule is [AlH3].[BeH2].[Cu].[Mn]. The van der Waals surface area contributed by atoms with Gasteiger partial charge in [-0.3, -0.25) is 0 Å². The standard InChI is InChI=1S/Al.Be.Cu.Mn.5H. The van der Waals surface area contributed by atoms with E-state index >= 15 is 0 Å². The minimum atomic E-state index is 0. The Balaban J connectivity index is 0. The molecule has 0 nitrogen and oxygen atoms in total. The third kappa shape index (κ3) is 9.27. The Labute approximate surface area is 61.4 Å². The minimum absolute atomic E-state index is 0. The summed E-state index contributed by atoms with van der Waals surface area (Å²) >= 11 is 0. The summed E-state index contributed by atoms with van der Waals surface area (Å²) in [7, 11) is 0. The molecule has 0 N–H and O–H groups in total. The predicted octanol–water partition coefficient (Wildman–Crippen LogP) is -2.11. The van der Waals surface area contributed by atoms with Crippen molar-refractivity contribution in [3.8, 4) is 0 Å². The molecule has 0 fully saturated rings.